The molecule has 1 atom stereocenters. The lowest BCUT2D eigenvalue weighted by molar-refractivity contribution is -0.148. The molecule has 0 heterocycles. The first-order chi connectivity index (χ1) is 9.04. The van der Waals surface area contributed by atoms with Gasteiger partial charge in [0.25, 0.3) is 5.91 Å². The van der Waals surface area contributed by atoms with Gasteiger partial charge >= 0.3 is 5.97 Å². The zero-order chi connectivity index (χ0) is 14.3. The van der Waals surface area contributed by atoms with Gasteiger partial charge in [-0.15, -0.1) is 0 Å². The second-order valence-corrected chi connectivity index (χ2v) is 3.84. The second-order valence-electron chi connectivity index (χ2n) is 3.84. The minimum absolute atomic E-state index is 0.148. The summed E-state index contributed by atoms with van der Waals surface area (Å²) in [6.45, 7) is 1.84. The van der Waals surface area contributed by atoms with Crippen LogP contribution in [0.4, 0.5) is 0 Å². The highest BCUT2D eigenvalue weighted by Crippen LogP contribution is 2.10. The first-order valence-electron chi connectivity index (χ1n) is 5.81. The van der Waals surface area contributed by atoms with Gasteiger partial charge in [0, 0.05) is 12.1 Å². The summed E-state index contributed by atoms with van der Waals surface area (Å²) in [5, 5.41) is 11.2. The Hall–Kier alpha value is -2.08. The molecule has 1 aromatic carbocycles. The third kappa shape index (κ3) is 4.97. The molecule has 0 aromatic heterocycles. The van der Waals surface area contributed by atoms with Crippen molar-refractivity contribution in [2.75, 3.05) is 20.3 Å². The molecule has 0 aliphatic carbocycles. The molecule has 0 fully saturated rings. The fourth-order valence-corrected chi connectivity index (χ4v) is 1.32. The number of carboxylic acids is 1. The molecular formula is C13H17NO5. The lowest BCUT2D eigenvalue weighted by Crippen LogP contribution is -2.30. The predicted molar refractivity (Wildman–Crippen MR) is 68.4 cm³/mol. The third-order valence-electron chi connectivity index (χ3n) is 2.46. The summed E-state index contributed by atoms with van der Waals surface area (Å²) < 4.78 is 9.98. The molecule has 104 valence electrons. The van der Waals surface area contributed by atoms with Crippen molar-refractivity contribution in [2.45, 2.75) is 13.0 Å². The smallest absolute Gasteiger partial charge is 0.332 e. The molecule has 0 saturated carbocycles. The topological polar surface area (TPSA) is 84.9 Å². The van der Waals surface area contributed by atoms with E-state index in [0.29, 0.717) is 11.3 Å². The van der Waals surface area contributed by atoms with Crippen LogP contribution in [-0.2, 0) is 9.53 Å². The van der Waals surface area contributed by atoms with Crippen LogP contribution in [0.2, 0.25) is 0 Å². The zero-order valence-corrected chi connectivity index (χ0v) is 10.9. The summed E-state index contributed by atoms with van der Waals surface area (Å²) in [6.07, 6.45) is -0.877. The monoisotopic (exact) mass is 267 g/mol. The van der Waals surface area contributed by atoms with Gasteiger partial charge in [-0.25, -0.2) is 4.79 Å². The van der Waals surface area contributed by atoms with E-state index >= 15 is 0 Å². The lowest BCUT2D eigenvalue weighted by Gasteiger charge is -2.09. The van der Waals surface area contributed by atoms with E-state index in [1.165, 1.54) is 6.92 Å². The third-order valence-corrected chi connectivity index (χ3v) is 2.46. The standard InChI is InChI=1S/C13H17NO5/c1-9(13(16)17)19-8-7-14-12(15)10-3-5-11(18-2)6-4-10/h3-6,9H,7-8H2,1-2H3,(H,14,15)(H,16,17). The molecule has 1 aromatic rings. The quantitative estimate of drug-likeness (QED) is 0.717. The maximum Gasteiger partial charge on any atom is 0.332 e. The van der Waals surface area contributed by atoms with E-state index < -0.39 is 12.1 Å². The van der Waals surface area contributed by atoms with E-state index in [1.807, 2.05) is 0 Å². The van der Waals surface area contributed by atoms with E-state index in [4.69, 9.17) is 14.6 Å². The Morgan fingerprint density at radius 2 is 1.95 bits per heavy atom. The number of carboxylic acid groups (broad SMARTS) is 1. The molecule has 0 aliphatic rings. The van der Waals surface area contributed by atoms with Crippen molar-refractivity contribution < 1.29 is 24.2 Å². The van der Waals surface area contributed by atoms with Crippen molar-refractivity contribution in [3.05, 3.63) is 29.8 Å². The van der Waals surface area contributed by atoms with Crippen molar-refractivity contribution in [2.24, 2.45) is 0 Å². The Bertz CT molecular complexity index is 429. The molecule has 0 saturated heterocycles. The van der Waals surface area contributed by atoms with Gasteiger partial charge in [0.15, 0.2) is 6.10 Å². The number of aliphatic carboxylic acids is 1. The van der Waals surface area contributed by atoms with E-state index in [2.05, 4.69) is 5.32 Å². The summed E-state index contributed by atoms with van der Waals surface area (Å²) in [4.78, 5) is 22.2. The van der Waals surface area contributed by atoms with Gasteiger partial charge in [-0.2, -0.15) is 0 Å². The number of ether oxygens (including phenoxy) is 2. The number of amides is 1. The van der Waals surface area contributed by atoms with Gasteiger partial charge in [0.1, 0.15) is 5.75 Å². The summed E-state index contributed by atoms with van der Waals surface area (Å²) in [5.41, 5.74) is 0.507. The van der Waals surface area contributed by atoms with Gasteiger partial charge in [0.2, 0.25) is 0 Å². The summed E-state index contributed by atoms with van der Waals surface area (Å²) in [5.74, 6) is -0.592. The molecule has 19 heavy (non-hydrogen) atoms. The Morgan fingerprint density at radius 3 is 2.47 bits per heavy atom. The molecule has 0 aliphatic heterocycles. The highest BCUT2D eigenvalue weighted by Gasteiger charge is 2.10. The number of nitrogens with one attached hydrogen (secondary N) is 1. The zero-order valence-electron chi connectivity index (χ0n) is 10.9. The number of hydrogen-bond donors (Lipinski definition) is 2. The van der Waals surface area contributed by atoms with Gasteiger partial charge in [-0.05, 0) is 31.2 Å². The summed E-state index contributed by atoms with van der Waals surface area (Å²) in [7, 11) is 1.55. The number of methoxy groups -OCH3 is 1. The van der Waals surface area contributed by atoms with Gasteiger partial charge in [0.05, 0.1) is 13.7 Å². The van der Waals surface area contributed by atoms with Crippen molar-refractivity contribution in [1.29, 1.82) is 0 Å². The molecular weight excluding hydrogens is 250 g/mol. The molecule has 0 spiro atoms. The Labute approximate surface area is 111 Å². The van der Waals surface area contributed by atoms with Crippen LogP contribution in [0.5, 0.6) is 5.75 Å². The molecule has 1 unspecified atom stereocenters. The van der Waals surface area contributed by atoms with Crippen LogP contribution in [0.3, 0.4) is 0 Å². The molecule has 0 bridgehead atoms. The maximum absolute atomic E-state index is 11.7. The van der Waals surface area contributed by atoms with Crippen LogP contribution in [0.1, 0.15) is 17.3 Å². The van der Waals surface area contributed by atoms with Gasteiger partial charge < -0.3 is 19.9 Å². The number of rotatable bonds is 7. The maximum atomic E-state index is 11.7. The fraction of sp³-hybridized carbons (Fsp3) is 0.385. The second kappa shape index (κ2) is 7.38. The van der Waals surface area contributed by atoms with Crippen LogP contribution in [-0.4, -0.2) is 43.3 Å². The fourth-order valence-electron chi connectivity index (χ4n) is 1.32. The SMILES string of the molecule is COc1ccc(C(=O)NCCOC(C)C(=O)O)cc1. The normalized spacial score (nSPS) is 11.7. The largest absolute Gasteiger partial charge is 0.497 e. The van der Waals surface area contributed by atoms with Crippen molar-refractivity contribution >= 4 is 11.9 Å². The minimum atomic E-state index is -1.03. The Kier molecular flexibility index (Phi) is 5.81. The van der Waals surface area contributed by atoms with E-state index in [1.54, 1.807) is 31.4 Å². The summed E-state index contributed by atoms with van der Waals surface area (Å²) >= 11 is 0. The van der Waals surface area contributed by atoms with Crippen LogP contribution in [0.25, 0.3) is 0 Å². The van der Waals surface area contributed by atoms with E-state index in [0.717, 1.165) is 0 Å². The van der Waals surface area contributed by atoms with Gasteiger partial charge in [-0.3, -0.25) is 4.79 Å². The van der Waals surface area contributed by atoms with Crippen molar-refractivity contribution in [3.63, 3.8) is 0 Å². The first kappa shape index (κ1) is 15.0. The number of benzene rings is 1. The molecule has 2 N–H and O–H groups in total. The highest BCUT2D eigenvalue weighted by atomic mass is 16.5. The molecule has 1 amide bonds. The van der Waals surface area contributed by atoms with Crippen molar-refractivity contribution in [3.8, 4) is 5.75 Å². The Morgan fingerprint density at radius 1 is 1.32 bits per heavy atom. The Balaban J connectivity index is 2.32. The van der Waals surface area contributed by atoms with Crippen LogP contribution >= 0.6 is 0 Å². The first-order valence-corrected chi connectivity index (χ1v) is 5.81. The highest BCUT2D eigenvalue weighted by molar-refractivity contribution is 5.94. The molecule has 6 nitrogen and oxygen atoms in total. The molecule has 1 rings (SSSR count). The number of carbonyl (C=O) groups excluding carboxylic acids is 1. The molecule has 6 heteroatoms. The predicted octanol–water partition coefficient (Wildman–Crippen LogP) is 0.915. The van der Waals surface area contributed by atoms with Crippen molar-refractivity contribution in [1.82, 2.24) is 5.32 Å². The van der Waals surface area contributed by atoms with Gasteiger partial charge in [-0.1, -0.05) is 0 Å². The lowest BCUT2D eigenvalue weighted by atomic mass is 10.2. The number of hydrogen-bond acceptors (Lipinski definition) is 4. The van der Waals surface area contributed by atoms with Crippen LogP contribution in [0, 0.1) is 0 Å². The van der Waals surface area contributed by atoms with Crippen LogP contribution < -0.4 is 10.1 Å². The average Bonchev–Trinajstić information content (AvgIpc) is 2.43. The minimum Gasteiger partial charge on any atom is -0.497 e. The summed E-state index contributed by atoms with van der Waals surface area (Å²) in [6, 6.07) is 6.68. The number of carbonyl (C=O) groups is 2. The average molecular weight is 267 g/mol. The molecule has 0 radical (unpaired) electrons. The van der Waals surface area contributed by atoms with E-state index in [-0.39, 0.29) is 19.1 Å². The van der Waals surface area contributed by atoms with Crippen LogP contribution in [0.15, 0.2) is 24.3 Å². The van der Waals surface area contributed by atoms with E-state index in [9.17, 15) is 9.59 Å².